The van der Waals surface area contributed by atoms with Gasteiger partial charge in [-0.2, -0.15) is 0 Å². The van der Waals surface area contributed by atoms with Crippen molar-refractivity contribution in [1.29, 1.82) is 0 Å². The predicted octanol–water partition coefficient (Wildman–Crippen LogP) is 3.25. The van der Waals surface area contributed by atoms with Gasteiger partial charge >= 0.3 is 0 Å². The Morgan fingerprint density at radius 3 is 1.96 bits per heavy atom. The Hall–Kier alpha value is -0.200. The molecule has 0 N–H and O–H groups in total. The van der Waals surface area contributed by atoms with Crippen LogP contribution in [-0.4, -0.2) is 42.8 Å². The highest BCUT2D eigenvalue weighted by atomic mass is 16.8. The smallest absolute Gasteiger partial charge is 0.187 e. The molecule has 23 heavy (non-hydrogen) atoms. The van der Waals surface area contributed by atoms with Crippen LogP contribution in [0.25, 0.3) is 0 Å². The van der Waals surface area contributed by atoms with Crippen molar-refractivity contribution in [1.82, 2.24) is 0 Å². The van der Waals surface area contributed by atoms with E-state index >= 15 is 0 Å². The summed E-state index contributed by atoms with van der Waals surface area (Å²) in [6.45, 7) is 0.648. The number of hydrogen-bond donors (Lipinski definition) is 0. The Morgan fingerprint density at radius 2 is 1.26 bits per heavy atom. The summed E-state index contributed by atoms with van der Waals surface area (Å²) in [6.07, 6.45) is 12.3. The van der Waals surface area contributed by atoms with E-state index in [0.29, 0.717) is 6.61 Å². The Morgan fingerprint density at radius 1 is 0.609 bits per heavy atom. The van der Waals surface area contributed by atoms with Gasteiger partial charge < -0.3 is 23.7 Å². The Bertz CT molecular complexity index is 425. The van der Waals surface area contributed by atoms with Crippen molar-refractivity contribution < 1.29 is 23.7 Å². The molecule has 0 bridgehead atoms. The van der Waals surface area contributed by atoms with E-state index in [1.807, 2.05) is 0 Å². The van der Waals surface area contributed by atoms with E-state index in [-0.39, 0.29) is 36.2 Å². The predicted molar refractivity (Wildman–Crippen MR) is 81.7 cm³/mol. The van der Waals surface area contributed by atoms with E-state index < -0.39 is 0 Å². The number of ether oxygens (including phenoxy) is 5. The van der Waals surface area contributed by atoms with Gasteiger partial charge in [0.1, 0.15) is 12.2 Å². The van der Waals surface area contributed by atoms with Gasteiger partial charge in [0.25, 0.3) is 0 Å². The molecule has 0 radical (unpaired) electrons. The van der Waals surface area contributed by atoms with Gasteiger partial charge in [-0.05, 0) is 25.7 Å². The third-order valence-corrected chi connectivity index (χ3v) is 6.30. The number of fused-ring (bicyclic) bond motifs is 1. The van der Waals surface area contributed by atoms with Gasteiger partial charge in [0.15, 0.2) is 17.9 Å². The second-order valence-electron chi connectivity index (χ2n) is 7.96. The largest absolute Gasteiger partial charge is 0.347 e. The third kappa shape index (κ3) is 2.65. The van der Waals surface area contributed by atoms with Gasteiger partial charge in [-0.25, -0.2) is 0 Å². The zero-order valence-corrected chi connectivity index (χ0v) is 13.8. The van der Waals surface area contributed by atoms with Crippen LogP contribution in [0.5, 0.6) is 0 Å². The molecule has 2 aliphatic carbocycles. The first-order valence-electron chi connectivity index (χ1n) is 9.59. The lowest BCUT2D eigenvalue weighted by atomic mass is 9.94. The highest BCUT2D eigenvalue weighted by Crippen LogP contribution is 2.47. The molecule has 2 saturated carbocycles. The normalized spacial score (nSPS) is 44.9. The van der Waals surface area contributed by atoms with E-state index in [9.17, 15) is 0 Å². The monoisotopic (exact) mass is 324 g/mol. The summed E-state index contributed by atoms with van der Waals surface area (Å²) < 4.78 is 31.0. The molecule has 5 fully saturated rings. The molecular formula is C18H28O5. The molecule has 0 amide bonds. The van der Waals surface area contributed by atoms with Crippen molar-refractivity contribution >= 4 is 0 Å². The van der Waals surface area contributed by atoms with E-state index in [2.05, 4.69) is 0 Å². The van der Waals surface area contributed by atoms with E-state index in [4.69, 9.17) is 23.7 Å². The van der Waals surface area contributed by atoms with Gasteiger partial charge in [0, 0.05) is 32.1 Å². The van der Waals surface area contributed by atoms with Crippen LogP contribution in [0.15, 0.2) is 0 Å². The molecule has 3 aliphatic heterocycles. The Labute approximate surface area is 137 Å². The first kappa shape index (κ1) is 15.1. The molecule has 5 rings (SSSR count). The zero-order valence-electron chi connectivity index (χ0n) is 13.8. The second-order valence-corrected chi connectivity index (χ2v) is 7.96. The Kier molecular flexibility index (Phi) is 3.72. The fourth-order valence-electron chi connectivity index (χ4n) is 5.06. The second kappa shape index (κ2) is 5.67. The lowest BCUT2D eigenvalue weighted by Gasteiger charge is -2.34. The van der Waals surface area contributed by atoms with E-state index in [1.165, 1.54) is 38.5 Å². The minimum absolute atomic E-state index is 0.0354. The average Bonchev–Trinajstić information content (AvgIpc) is 3.21. The molecule has 0 aromatic heterocycles. The average molecular weight is 324 g/mol. The van der Waals surface area contributed by atoms with Crippen LogP contribution in [0.2, 0.25) is 0 Å². The first-order chi connectivity index (χ1) is 11.3. The van der Waals surface area contributed by atoms with Crippen molar-refractivity contribution in [2.45, 2.75) is 107 Å². The van der Waals surface area contributed by atoms with Crippen LogP contribution in [0.4, 0.5) is 0 Å². The molecule has 130 valence electrons. The van der Waals surface area contributed by atoms with Crippen LogP contribution in [0.1, 0.15) is 70.6 Å². The van der Waals surface area contributed by atoms with Crippen LogP contribution in [0, 0.1) is 0 Å². The van der Waals surface area contributed by atoms with Crippen molar-refractivity contribution in [2.75, 3.05) is 6.61 Å². The summed E-state index contributed by atoms with van der Waals surface area (Å²) in [6, 6.07) is 0. The fourth-order valence-corrected chi connectivity index (χ4v) is 5.06. The molecule has 3 heterocycles. The first-order valence-corrected chi connectivity index (χ1v) is 9.59. The quantitative estimate of drug-likeness (QED) is 0.741. The lowest BCUT2D eigenvalue weighted by molar-refractivity contribution is -0.250. The summed E-state index contributed by atoms with van der Waals surface area (Å²) in [5.74, 6) is -0.674. The van der Waals surface area contributed by atoms with Crippen LogP contribution < -0.4 is 0 Å². The van der Waals surface area contributed by atoms with Crippen molar-refractivity contribution in [3.63, 3.8) is 0 Å². The van der Waals surface area contributed by atoms with Gasteiger partial charge in [0.05, 0.1) is 12.7 Å². The van der Waals surface area contributed by atoms with E-state index in [0.717, 1.165) is 32.1 Å². The molecule has 5 aliphatic rings. The molecule has 3 saturated heterocycles. The maximum atomic E-state index is 6.32. The molecule has 5 heteroatoms. The van der Waals surface area contributed by atoms with E-state index in [1.54, 1.807) is 0 Å². The maximum absolute atomic E-state index is 6.32. The van der Waals surface area contributed by atoms with Crippen LogP contribution >= 0.6 is 0 Å². The van der Waals surface area contributed by atoms with Gasteiger partial charge in [-0.3, -0.25) is 0 Å². The summed E-state index contributed by atoms with van der Waals surface area (Å²) in [7, 11) is 0. The molecule has 0 aromatic rings. The summed E-state index contributed by atoms with van der Waals surface area (Å²) in [4.78, 5) is 0. The zero-order chi connectivity index (χ0) is 15.3. The number of hydrogen-bond acceptors (Lipinski definition) is 5. The fraction of sp³-hybridized carbons (Fsp3) is 1.00. The van der Waals surface area contributed by atoms with Crippen LogP contribution in [-0.2, 0) is 23.7 Å². The minimum atomic E-state index is -0.351. The molecule has 4 atom stereocenters. The van der Waals surface area contributed by atoms with Gasteiger partial charge in [-0.1, -0.05) is 12.8 Å². The summed E-state index contributed by atoms with van der Waals surface area (Å²) in [5, 5.41) is 0. The van der Waals surface area contributed by atoms with Gasteiger partial charge in [-0.15, -0.1) is 0 Å². The maximum Gasteiger partial charge on any atom is 0.187 e. The highest BCUT2D eigenvalue weighted by Gasteiger charge is 2.56. The lowest BCUT2D eigenvalue weighted by Crippen LogP contribution is -2.38. The SMILES string of the molecule is C1CCC2(CC1)OCC(C1CC3OC4(CCCCC4)OC3O1)O2. The topological polar surface area (TPSA) is 46.2 Å². The van der Waals surface area contributed by atoms with Crippen LogP contribution in [0.3, 0.4) is 0 Å². The standard InChI is InChI=1S/C18H28O5/c1-3-7-17(8-4-1)19-12-15(22-17)13-11-14-16(20-13)23-18(21-14)9-5-2-6-10-18/h13-16H,1-12H2. The summed E-state index contributed by atoms with van der Waals surface area (Å²) in [5.41, 5.74) is 0. The van der Waals surface area contributed by atoms with Crippen molar-refractivity contribution in [3.8, 4) is 0 Å². The Balaban J connectivity index is 1.20. The molecule has 5 nitrogen and oxygen atoms in total. The molecular weight excluding hydrogens is 296 g/mol. The van der Waals surface area contributed by atoms with Crippen molar-refractivity contribution in [2.24, 2.45) is 0 Å². The molecule has 0 aromatic carbocycles. The summed E-state index contributed by atoms with van der Waals surface area (Å²) >= 11 is 0. The molecule has 4 unspecified atom stereocenters. The van der Waals surface area contributed by atoms with Gasteiger partial charge in [0.2, 0.25) is 0 Å². The highest BCUT2D eigenvalue weighted by molar-refractivity contribution is 4.94. The minimum Gasteiger partial charge on any atom is -0.347 e. The number of rotatable bonds is 1. The molecule has 2 spiro atoms. The van der Waals surface area contributed by atoms with Crippen molar-refractivity contribution in [3.05, 3.63) is 0 Å². The third-order valence-electron chi connectivity index (χ3n) is 6.30.